The summed E-state index contributed by atoms with van der Waals surface area (Å²) < 4.78 is 15.1. The maximum Gasteiger partial charge on any atom is 0.306 e. The summed E-state index contributed by atoms with van der Waals surface area (Å²) in [5.41, 5.74) is 0.0755. The molecule has 0 spiro atoms. The number of amides is 1. The van der Waals surface area contributed by atoms with Crippen LogP contribution in [0.4, 0.5) is 0 Å². The molecule has 2 N–H and O–H groups in total. The number of ether oxygens (including phenoxy) is 1. The van der Waals surface area contributed by atoms with Crippen molar-refractivity contribution >= 4 is 11.9 Å². The van der Waals surface area contributed by atoms with E-state index in [1.54, 1.807) is 12.1 Å². The molecular formula is C13H14N2O6. The zero-order valence-electron chi connectivity index (χ0n) is 11.2. The number of aromatic nitrogens is 1. The highest BCUT2D eigenvalue weighted by Crippen LogP contribution is 2.20. The van der Waals surface area contributed by atoms with E-state index in [4.69, 9.17) is 18.8 Å². The number of hydrogen-bond donors (Lipinski definition) is 2. The summed E-state index contributed by atoms with van der Waals surface area (Å²) in [7, 11) is 1.38. The van der Waals surface area contributed by atoms with Gasteiger partial charge in [-0.3, -0.25) is 9.59 Å². The summed E-state index contributed by atoms with van der Waals surface area (Å²) in [4.78, 5) is 22.5. The topological polar surface area (TPSA) is 115 Å². The highest BCUT2D eigenvalue weighted by Gasteiger charge is 2.18. The lowest BCUT2D eigenvalue weighted by molar-refractivity contribution is -0.139. The largest absolute Gasteiger partial charge is 0.481 e. The summed E-state index contributed by atoms with van der Waals surface area (Å²) in [5, 5.41) is 14.8. The SMILES string of the molecule is COC(CNC(=O)c1cc(-c2ccco2)on1)CC(=O)O. The van der Waals surface area contributed by atoms with Crippen molar-refractivity contribution in [2.45, 2.75) is 12.5 Å². The van der Waals surface area contributed by atoms with Gasteiger partial charge in [-0.25, -0.2) is 0 Å². The summed E-state index contributed by atoms with van der Waals surface area (Å²) in [6, 6.07) is 4.80. The van der Waals surface area contributed by atoms with E-state index in [1.807, 2.05) is 0 Å². The van der Waals surface area contributed by atoms with Crippen LogP contribution in [0.1, 0.15) is 16.9 Å². The molecule has 0 aromatic carbocycles. The molecule has 0 saturated carbocycles. The number of aliphatic carboxylic acids is 1. The first-order valence-corrected chi connectivity index (χ1v) is 6.13. The molecular weight excluding hydrogens is 280 g/mol. The number of carbonyl (C=O) groups excluding carboxylic acids is 1. The summed E-state index contributed by atoms with van der Waals surface area (Å²) >= 11 is 0. The molecule has 0 fully saturated rings. The number of methoxy groups -OCH3 is 1. The second-order valence-corrected chi connectivity index (χ2v) is 4.22. The average Bonchev–Trinajstić information content (AvgIpc) is 3.12. The number of nitrogens with zero attached hydrogens (tertiary/aromatic N) is 1. The molecule has 0 bridgehead atoms. The van der Waals surface area contributed by atoms with E-state index in [2.05, 4.69) is 10.5 Å². The number of carboxylic acids is 1. The predicted molar refractivity (Wildman–Crippen MR) is 69.6 cm³/mol. The quantitative estimate of drug-likeness (QED) is 0.787. The number of carboxylic acid groups (broad SMARTS) is 1. The van der Waals surface area contributed by atoms with Crippen molar-refractivity contribution in [3.63, 3.8) is 0 Å². The smallest absolute Gasteiger partial charge is 0.306 e. The average molecular weight is 294 g/mol. The molecule has 8 heteroatoms. The van der Waals surface area contributed by atoms with Crippen molar-refractivity contribution in [2.24, 2.45) is 0 Å². The molecule has 2 rings (SSSR count). The lowest BCUT2D eigenvalue weighted by atomic mass is 10.2. The molecule has 0 saturated heterocycles. The molecule has 21 heavy (non-hydrogen) atoms. The number of hydrogen-bond acceptors (Lipinski definition) is 6. The van der Waals surface area contributed by atoms with Gasteiger partial charge in [0, 0.05) is 19.7 Å². The van der Waals surface area contributed by atoms with Crippen molar-refractivity contribution in [1.82, 2.24) is 10.5 Å². The molecule has 0 aliphatic carbocycles. The third kappa shape index (κ3) is 3.93. The Hall–Kier alpha value is -2.61. The van der Waals surface area contributed by atoms with Crippen molar-refractivity contribution in [3.05, 3.63) is 30.2 Å². The first kappa shape index (κ1) is 14.8. The van der Waals surface area contributed by atoms with E-state index in [1.165, 1.54) is 19.4 Å². The molecule has 0 radical (unpaired) electrons. The van der Waals surface area contributed by atoms with Crippen molar-refractivity contribution in [2.75, 3.05) is 13.7 Å². The van der Waals surface area contributed by atoms with Crippen molar-refractivity contribution in [3.8, 4) is 11.5 Å². The van der Waals surface area contributed by atoms with Crippen molar-refractivity contribution < 1.29 is 28.4 Å². The normalized spacial score (nSPS) is 12.0. The minimum Gasteiger partial charge on any atom is -0.481 e. The Kier molecular flexibility index (Phi) is 4.72. The minimum absolute atomic E-state index is 0.0601. The maximum atomic E-state index is 11.9. The second kappa shape index (κ2) is 6.71. The van der Waals surface area contributed by atoms with E-state index < -0.39 is 18.0 Å². The standard InChI is InChI=1S/C13H14N2O6/c1-19-8(5-12(16)17)7-14-13(18)9-6-11(21-15-9)10-3-2-4-20-10/h2-4,6,8H,5,7H2,1H3,(H,14,18)(H,16,17). The van der Waals surface area contributed by atoms with E-state index in [0.29, 0.717) is 11.5 Å². The Morgan fingerprint density at radius 2 is 2.29 bits per heavy atom. The van der Waals surface area contributed by atoms with Gasteiger partial charge in [-0.05, 0) is 12.1 Å². The first-order chi connectivity index (χ1) is 10.1. The molecule has 1 unspecified atom stereocenters. The van der Waals surface area contributed by atoms with E-state index >= 15 is 0 Å². The summed E-state index contributed by atoms with van der Waals surface area (Å²) in [6.45, 7) is 0.0601. The zero-order chi connectivity index (χ0) is 15.2. The van der Waals surface area contributed by atoms with E-state index in [-0.39, 0.29) is 18.7 Å². The second-order valence-electron chi connectivity index (χ2n) is 4.22. The van der Waals surface area contributed by atoms with E-state index in [9.17, 15) is 9.59 Å². The minimum atomic E-state index is -1.00. The van der Waals surface area contributed by atoms with Gasteiger partial charge in [0.05, 0.1) is 18.8 Å². The molecule has 8 nitrogen and oxygen atoms in total. The number of carbonyl (C=O) groups is 2. The molecule has 0 aliphatic rings. The van der Waals surface area contributed by atoms with Crippen LogP contribution in [0.15, 0.2) is 33.4 Å². The fourth-order valence-corrected chi connectivity index (χ4v) is 1.65. The van der Waals surface area contributed by atoms with Crippen LogP contribution >= 0.6 is 0 Å². The Morgan fingerprint density at radius 3 is 2.90 bits per heavy atom. The molecule has 2 aromatic heterocycles. The number of nitrogens with one attached hydrogen (secondary N) is 1. The first-order valence-electron chi connectivity index (χ1n) is 6.13. The zero-order valence-corrected chi connectivity index (χ0v) is 11.2. The Balaban J connectivity index is 1.93. The van der Waals surface area contributed by atoms with Gasteiger partial charge in [0.1, 0.15) is 0 Å². The monoisotopic (exact) mass is 294 g/mol. The highest BCUT2D eigenvalue weighted by molar-refractivity contribution is 5.92. The lowest BCUT2D eigenvalue weighted by Gasteiger charge is -2.12. The fraction of sp³-hybridized carbons (Fsp3) is 0.308. The summed E-state index contributed by atoms with van der Waals surface area (Å²) in [6.07, 6.45) is 0.669. The highest BCUT2D eigenvalue weighted by atomic mass is 16.5. The van der Waals surface area contributed by atoms with E-state index in [0.717, 1.165) is 0 Å². The molecule has 2 heterocycles. The predicted octanol–water partition coefficient (Wildman–Crippen LogP) is 1.15. The van der Waals surface area contributed by atoms with Gasteiger partial charge in [-0.1, -0.05) is 5.16 Å². The Labute approximate surface area is 119 Å². The van der Waals surface area contributed by atoms with Gasteiger partial charge in [0.2, 0.25) is 5.76 Å². The van der Waals surface area contributed by atoms with Crippen LogP contribution in [0.3, 0.4) is 0 Å². The van der Waals surface area contributed by atoms with Crippen LogP contribution in [-0.2, 0) is 9.53 Å². The van der Waals surface area contributed by atoms with Gasteiger partial charge in [-0.15, -0.1) is 0 Å². The van der Waals surface area contributed by atoms with Crippen LogP contribution in [-0.4, -0.2) is 41.9 Å². The lowest BCUT2D eigenvalue weighted by Crippen LogP contribution is -2.34. The van der Waals surface area contributed by atoms with Crippen LogP contribution < -0.4 is 5.32 Å². The molecule has 2 aromatic rings. The number of rotatable bonds is 7. The van der Waals surface area contributed by atoms with Crippen LogP contribution in [0.2, 0.25) is 0 Å². The maximum absolute atomic E-state index is 11.9. The van der Waals surface area contributed by atoms with Crippen molar-refractivity contribution in [1.29, 1.82) is 0 Å². The van der Waals surface area contributed by atoms with Crippen LogP contribution in [0.5, 0.6) is 0 Å². The summed E-state index contributed by atoms with van der Waals surface area (Å²) in [5.74, 6) is -0.692. The fourth-order valence-electron chi connectivity index (χ4n) is 1.65. The van der Waals surface area contributed by atoms with Gasteiger partial charge >= 0.3 is 5.97 Å². The van der Waals surface area contributed by atoms with Gasteiger partial charge < -0.3 is 24.1 Å². The third-order valence-electron chi connectivity index (χ3n) is 2.73. The van der Waals surface area contributed by atoms with Crippen LogP contribution in [0.25, 0.3) is 11.5 Å². The van der Waals surface area contributed by atoms with Crippen LogP contribution in [0, 0.1) is 0 Å². The molecule has 1 atom stereocenters. The molecule has 112 valence electrons. The Morgan fingerprint density at radius 1 is 1.48 bits per heavy atom. The van der Waals surface area contributed by atoms with Gasteiger partial charge in [0.15, 0.2) is 11.5 Å². The van der Waals surface area contributed by atoms with Gasteiger partial charge in [-0.2, -0.15) is 0 Å². The van der Waals surface area contributed by atoms with Gasteiger partial charge in [0.25, 0.3) is 5.91 Å². The molecule has 0 aliphatic heterocycles. The molecule has 1 amide bonds. The Bertz CT molecular complexity index is 604. The number of furan rings is 1. The third-order valence-corrected chi connectivity index (χ3v) is 2.73.